The first kappa shape index (κ1) is 21.1. The van der Waals surface area contributed by atoms with Crippen molar-refractivity contribution < 1.29 is 28.9 Å². The van der Waals surface area contributed by atoms with Crippen molar-refractivity contribution in [2.45, 2.75) is 25.7 Å². The molecule has 0 aliphatic heterocycles. The molecule has 0 heterocycles. The van der Waals surface area contributed by atoms with Crippen molar-refractivity contribution in [1.82, 2.24) is 0 Å². The van der Waals surface area contributed by atoms with E-state index in [0.717, 1.165) is 5.56 Å². The van der Waals surface area contributed by atoms with Crippen molar-refractivity contribution in [2.24, 2.45) is 0 Å². The number of methoxy groups -OCH3 is 3. The first-order valence-corrected chi connectivity index (χ1v) is 8.76. The van der Waals surface area contributed by atoms with Crippen LogP contribution in [0.25, 0.3) is 0 Å². The Balaban J connectivity index is 2.28. The Labute approximate surface area is 164 Å². The minimum Gasteiger partial charge on any atom is -0.493 e. The van der Waals surface area contributed by atoms with Crippen molar-refractivity contribution in [3.05, 3.63) is 47.5 Å². The van der Waals surface area contributed by atoms with Crippen LogP contribution in [-0.2, 0) is 9.59 Å². The summed E-state index contributed by atoms with van der Waals surface area (Å²) < 4.78 is 16.0. The maximum absolute atomic E-state index is 12.5. The van der Waals surface area contributed by atoms with E-state index in [2.05, 4.69) is 5.32 Å². The molecule has 0 saturated carbocycles. The van der Waals surface area contributed by atoms with Gasteiger partial charge in [0.15, 0.2) is 11.5 Å². The average Bonchev–Trinajstić information content (AvgIpc) is 2.67. The smallest absolute Gasteiger partial charge is 0.303 e. The molecule has 2 N–H and O–H groups in total. The molecule has 0 fully saturated rings. The van der Waals surface area contributed by atoms with Crippen LogP contribution in [0.15, 0.2) is 36.4 Å². The number of carboxylic acid groups (broad SMARTS) is 1. The predicted molar refractivity (Wildman–Crippen MR) is 106 cm³/mol. The molecular weight excluding hydrogens is 362 g/mol. The summed E-state index contributed by atoms with van der Waals surface area (Å²) in [5.74, 6) is -0.605. The second-order valence-electron chi connectivity index (χ2n) is 6.37. The van der Waals surface area contributed by atoms with E-state index in [0.29, 0.717) is 28.5 Å². The normalized spacial score (nSPS) is 11.4. The lowest BCUT2D eigenvalue weighted by Crippen LogP contribution is -2.18. The van der Waals surface area contributed by atoms with E-state index >= 15 is 0 Å². The van der Waals surface area contributed by atoms with E-state index in [9.17, 15) is 14.7 Å². The molecular formula is C21H25NO6. The molecule has 0 radical (unpaired) electrons. The number of aliphatic carboxylic acids is 1. The molecule has 1 unspecified atom stereocenters. The number of ether oxygens (including phenoxy) is 3. The van der Waals surface area contributed by atoms with Gasteiger partial charge in [0.1, 0.15) is 0 Å². The number of carbonyl (C=O) groups is 2. The summed E-state index contributed by atoms with van der Waals surface area (Å²) in [5, 5.41) is 12.1. The molecule has 0 spiro atoms. The van der Waals surface area contributed by atoms with E-state index in [1.807, 2.05) is 19.1 Å². The summed E-state index contributed by atoms with van der Waals surface area (Å²) in [6, 6.07) is 10.7. The molecule has 0 saturated heterocycles. The second-order valence-corrected chi connectivity index (χ2v) is 6.37. The van der Waals surface area contributed by atoms with Gasteiger partial charge in [-0.15, -0.1) is 0 Å². The lowest BCUT2D eigenvalue weighted by Gasteiger charge is -2.19. The van der Waals surface area contributed by atoms with Crippen LogP contribution in [0, 0.1) is 6.92 Å². The molecule has 0 aliphatic carbocycles. The minimum absolute atomic E-state index is 0.00118. The highest BCUT2D eigenvalue weighted by Gasteiger charge is 2.23. The standard InChI is InChI=1S/C21H25NO6/c1-13-5-7-16(8-6-13)22-19(23)11-15(12-20(24)25)14-9-17(26-2)21(28-4)18(10-14)27-3/h5-10,15H,11-12H2,1-4H3,(H,22,23)(H,24,25). The van der Waals surface area contributed by atoms with E-state index < -0.39 is 11.9 Å². The molecule has 1 amide bonds. The Bertz CT molecular complexity index is 806. The van der Waals surface area contributed by atoms with Crippen molar-refractivity contribution in [1.29, 1.82) is 0 Å². The first-order chi connectivity index (χ1) is 13.4. The van der Waals surface area contributed by atoms with Gasteiger partial charge in [0, 0.05) is 18.0 Å². The highest BCUT2D eigenvalue weighted by atomic mass is 16.5. The number of rotatable bonds is 9. The number of nitrogens with one attached hydrogen (secondary N) is 1. The van der Waals surface area contributed by atoms with E-state index in [1.54, 1.807) is 24.3 Å². The third-order valence-corrected chi connectivity index (χ3v) is 4.35. The fourth-order valence-corrected chi connectivity index (χ4v) is 2.93. The molecule has 0 bridgehead atoms. The lowest BCUT2D eigenvalue weighted by molar-refractivity contribution is -0.137. The Hall–Kier alpha value is -3.22. The molecule has 7 heteroatoms. The summed E-state index contributed by atoms with van der Waals surface area (Å²) in [6.07, 6.45) is -0.210. The molecule has 2 aromatic rings. The van der Waals surface area contributed by atoms with Crippen LogP contribution < -0.4 is 19.5 Å². The van der Waals surface area contributed by atoms with E-state index in [1.165, 1.54) is 21.3 Å². The third-order valence-electron chi connectivity index (χ3n) is 4.35. The van der Waals surface area contributed by atoms with Crippen LogP contribution in [0.1, 0.15) is 29.9 Å². The number of hydrogen-bond donors (Lipinski definition) is 2. The maximum Gasteiger partial charge on any atom is 0.303 e. The largest absolute Gasteiger partial charge is 0.493 e. The average molecular weight is 387 g/mol. The Morgan fingerprint density at radius 3 is 2.00 bits per heavy atom. The number of benzene rings is 2. The number of hydrogen-bond acceptors (Lipinski definition) is 5. The second kappa shape index (κ2) is 9.64. The van der Waals surface area contributed by atoms with Gasteiger partial charge in [0.25, 0.3) is 0 Å². The van der Waals surface area contributed by atoms with Crippen molar-refractivity contribution in [3.8, 4) is 17.2 Å². The number of aryl methyl sites for hydroxylation is 1. The number of carbonyl (C=O) groups excluding carboxylic acids is 1. The van der Waals surface area contributed by atoms with Gasteiger partial charge in [0.05, 0.1) is 27.8 Å². The van der Waals surface area contributed by atoms with Gasteiger partial charge in [-0.2, -0.15) is 0 Å². The van der Waals surface area contributed by atoms with Crippen molar-refractivity contribution in [3.63, 3.8) is 0 Å². The Kier molecular flexibility index (Phi) is 7.26. The molecule has 150 valence electrons. The topological polar surface area (TPSA) is 94.1 Å². The molecule has 0 aliphatic rings. The van der Waals surface area contributed by atoms with Gasteiger partial charge < -0.3 is 24.6 Å². The highest BCUT2D eigenvalue weighted by molar-refractivity contribution is 5.91. The van der Waals surface area contributed by atoms with Gasteiger partial charge in [0.2, 0.25) is 11.7 Å². The summed E-state index contributed by atoms with van der Waals surface area (Å²) in [6.45, 7) is 1.96. The molecule has 2 aromatic carbocycles. The third kappa shape index (κ3) is 5.39. The zero-order valence-corrected chi connectivity index (χ0v) is 16.4. The van der Waals surface area contributed by atoms with Gasteiger partial charge in [-0.3, -0.25) is 9.59 Å². The molecule has 0 aromatic heterocycles. The molecule has 1 atom stereocenters. The van der Waals surface area contributed by atoms with Crippen LogP contribution in [-0.4, -0.2) is 38.3 Å². The number of amides is 1. The van der Waals surface area contributed by atoms with Crippen molar-refractivity contribution in [2.75, 3.05) is 26.6 Å². The zero-order chi connectivity index (χ0) is 20.7. The number of anilines is 1. The molecule has 28 heavy (non-hydrogen) atoms. The Morgan fingerprint density at radius 1 is 0.964 bits per heavy atom. The van der Waals surface area contributed by atoms with Crippen LogP contribution in [0.4, 0.5) is 5.69 Å². The SMILES string of the molecule is COc1cc(C(CC(=O)O)CC(=O)Nc2ccc(C)cc2)cc(OC)c1OC. The lowest BCUT2D eigenvalue weighted by atomic mass is 9.91. The summed E-state index contributed by atoms with van der Waals surface area (Å²) >= 11 is 0. The molecule has 2 rings (SSSR count). The molecule has 7 nitrogen and oxygen atoms in total. The van der Waals surface area contributed by atoms with Crippen molar-refractivity contribution >= 4 is 17.6 Å². The van der Waals surface area contributed by atoms with Gasteiger partial charge >= 0.3 is 5.97 Å². The van der Waals surface area contributed by atoms with E-state index in [-0.39, 0.29) is 18.7 Å². The predicted octanol–water partition coefficient (Wildman–Crippen LogP) is 3.61. The quantitative estimate of drug-likeness (QED) is 0.683. The number of carboxylic acids is 1. The highest BCUT2D eigenvalue weighted by Crippen LogP contribution is 2.41. The van der Waals surface area contributed by atoms with Gasteiger partial charge in [-0.1, -0.05) is 17.7 Å². The fourth-order valence-electron chi connectivity index (χ4n) is 2.93. The first-order valence-electron chi connectivity index (χ1n) is 8.76. The van der Waals surface area contributed by atoms with Crippen LogP contribution >= 0.6 is 0 Å². The van der Waals surface area contributed by atoms with Gasteiger partial charge in [-0.25, -0.2) is 0 Å². The Morgan fingerprint density at radius 2 is 1.54 bits per heavy atom. The fraction of sp³-hybridized carbons (Fsp3) is 0.333. The summed E-state index contributed by atoms with van der Waals surface area (Å²) in [5.41, 5.74) is 2.37. The van der Waals surface area contributed by atoms with Crippen LogP contribution in [0.2, 0.25) is 0 Å². The summed E-state index contributed by atoms with van der Waals surface area (Å²) in [4.78, 5) is 23.9. The zero-order valence-electron chi connectivity index (χ0n) is 16.4. The van der Waals surface area contributed by atoms with Gasteiger partial charge in [-0.05, 0) is 36.8 Å². The summed E-state index contributed by atoms with van der Waals surface area (Å²) in [7, 11) is 4.46. The van der Waals surface area contributed by atoms with Crippen LogP contribution in [0.3, 0.4) is 0 Å². The van der Waals surface area contributed by atoms with Crippen LogP contribution in [0.5, 0.6) is 17.2 Å². The van der Waals surface area contributed by atoms with E-state index in [4.69, 9.17) is 14.2 Å². The monoisotopic (exact) mass is 387 g/mol. The minimum atomic E-state index is -0.998. The maximum atomic E-state index is 12.5.